The Kier molecular flexibility index (Phi) is 6.13. The number of nitrogens with zero attached hydrogens (tertiary/aromatic N) is 3. The Morgan fingerprint density at radius 2 is 1.85 bits per heavy atom. The molecule has 0 aliphatic carbocycles. The zero-order valence-corrected chi connectivity index (χ0v) is 15.2. The molecule has 1 aromatic rings. The third-order valence-electron chi connectivity index (χ3n) is 4.09. The van der Waals surface area contributed by atoms with Gasteiger partial charge in [-0.2, -0.15) is 13.2 Å². The van der Waals surface area contributed by atoms with Gasteiger partial charge in [0.25, 0.3) is 0 Å². The number of alkyl halides is 3. The average Bonchev–Trinajstić information content (AvgIpc) is 2.54. The molecule has 1 saturated heterocycles. The molecule has 146 valence electrons. The van der Waals surface area contributed by atoms with E-state index >= 15 is 0 Å². The van der Waals surface area contributed by atoms with Crippen LogP contribution in [0.3, 0.4) is 0 Å². The van der Waals surface area contributed by atoms with Crippen LogP contribution in [0.15, 0.2) is 18.3 Å². The first-order chi connectivity index (χ1) is 12.0. The van der Waals surface area contributed by atoms with Gasteiger partial charge in [0, 0.05) is 45.0 Å². The van der Waals surface area contributed by atoms with E-state index < -0.39 is 17.5 Å². The van der Waals surface area contributed by atoms with Crippen molar-refractivity contribution >= 4 is 6.09 Å². The molecular formula is C17H25F3N4O2. The number of rotatable bonds is 3. The minimum absolute atomic E-state index is 0.245. The van der Waals surface area contributed by atoms with Crippen molar-refractivity contribution in [1.29, 1.82) is 0 Å². The van der Waals surface area contributed by atoms with Crippen LogP contribution in [0.5, 0.6) is 0 Å². The predicted octanol–water partition coefficient (Wildman–Crippen LogP) is 2.65. The van der Waals surface area contributed by atoms with Gasteiger partial charge >= 0.3 is 12.3 Å². The van der Waals surface area contributed by atoms with Crippen molar-refractivity contribution in [3.63, 3.8) is 0 Å². The van der Waals surface area contributed by atoms with Crippen LogP contribution in [0.2, 0.25) is 0 Å². The number of ether oxygens (including phenoxy) is 1. The molecule has 1 aliphatic rings. The summed E-state index contributed by atoms with van der Waals surface area (Å²) in [6.45, 7) is 7.73. The number of halogens is 3. The molecular weight excluding hydrogens is 349 g/mol. The van der Waals surface area contributed by atoms with Crippen molar-refractivity contribution in [2.24, 2.45) is 5.73 Å². The summed E-state index contributed by atoms with van der Waals surface area (Å²) in [6.07, 6.45) is -3.60. The molecule has 2 rings (SSSR count). The Hall–Kier alpha value is -1.87. The van der Waals surface area contributed by atoms with Crippen molar-refractivity contribution in [3.05, 3.63) is 29.6 Å². The third kappa shape index (κ3) is 5.31. The van der Waals surface area contributed by atoms with E-state index in [4.69, 9.17) is 10.5 Å². The smallest absolute Gasteiger partial charge is 0.433 e. The van der Waals surface area contributed by atoms with E-state index in [2.05, 4.69) is 4.98 Å². The monoisotopic (exact) mass is 374 g/mol. The highest BCUT2D eigenvalue weighted by Crippen LogP contribution is 2.29. The molecule has 1 aromatic heterocycles. The van der Waals surface area contributed by atoms with Gasteiger partial charge in [0.15, 0.2) is 0 Å². The predicted molar refractivity (Wildman–Crippen MR) is 90.4 cm³/mol. The number of hydrogen-bond donors (Lipinski definition) is 1. The standard InChI is InChI=1S/C17H25F3N4O2/c1-16(2,3)26-15(25)24-8-6-23(7-9-24)13(10-21)12-4-5-14(22-11-12)17(18,19)20/h4-5,11,13H,6-10,21H2,1-3H3. The van der Waals surface area contributed by atoms with Gasteiger partial charge in [-0.05, 0) is 32.4 Å². The first-order valence-corrected chi connectivity index (χ1v) is 8.46. The second-order valence-electron chi connectivity index (χ2n) is 7.23. The van der Waals surface area contributed by atoms with Crippen LogP contribution in [-0.2, 0) is 10.9 Å². The fourth-order valence-electron chi connectivity index (χ4n) is 2.81. The number of nitrogens with two attached hydrogens (primary N) is 1. The normalized spacial score (nSPS) is 17.9. The van der Waals surface area contributed by atoms with Gasteiger partial charge in [-0.1, -0.05) is 6.07 Å². The van der Waals surface area contributed by atoms with E-state index in [1.54, 1.807) is 4.90 Å². The molecule has 1 unspecified atom stereocenters. The lowest BCUT2D eigenvalue weighted by Gasteiger charge is -2.39. The molecule has 0 radical (unpaired) electrons. The van der Waals surface area contributed by atoms with E-state index in [0.717, 1.165) is 6.07 Å². The lowest BCUT2D eigenvalue weighted by atomic mass is 10.1. The molecule has 0 bridgehead atoms. The number of amides is 1. The third-order valence-corrected chi connectivity index (χ3v) is 4.09. The van der Waals surface area contributed by atoms with Gasteiger partial charge in [-0.15, -0.1) is 0 Å². The summed E-state index contributed by atoms with van der Waals surface area (Å²) in [5.74, 6) is 0. The number of carbonyl (C=O) groups is 1. The Labute approximate surface area is 151 Å². The summed E-state index contributed by atoms with van der Waals surface area (Å²) in [5.41, 5.74) is 4.99. The average molecular weight is 374 g/mol. The van der Waals surface area contributed by atoms with Gasteiger partial charge in [0.05, 0.1) is 0 Å². The Morgan fingerprint density at radius 1 is 1.23 bits per heavy atom. The van der Waals surface area contributed by atoms with Crippen molar-refractivity contribution in [2.75, 3.05) is 32.7 Å². The molecule has 0 spiro atoms. The van der Waals surface area contributed by atoms with E-state index in [1.807, 2.05) is 25.7 Å². The number of piperazine rings is 1. The molecule has 1 aliphatic heterocycles. The maximum atomic E-state index is 12.6. The minimum Gasteiger partial charge on any atom is -0.444 e. The summed E-state index contributed by atoms with van der Waals surface area (Å²) >= 11 is 0. The number of carbonyl (C=O) groups excluding carboxylic acids is 1. The lowest BCUT2D eigenvalue weighted by Crippen LogP contribution is -2.51. The molecule has 1 fully saturated rings. The van der Waals surface area contributed by atoms with Crippen LogP contribution in [-0.4, -0.2) is 59.2 Å². The van der Waals surface area contributed by atoms with Crippen molar-refractivity contribution in [2.45, 2.75) is 38.6 Å². The van der Waals surface area contributed by atoms with Crippen LogP contribution in [0.4, 0.5) is 18.0 Å². The first-order valence-electron chi connectivity index (χ1n) is 8.46. The fourth-order valence-corrected chi connectivity index (χ4v) is 2.81. The zero-order chi connectivity index (χ0) is 19.5. The molecule has 0 saturated carbocycles. The molecule has 0 aromatic carbocycles. The molecule has 2 heterocycles. The topological polar surface area (TPSA) is 71.7 Å². The molecule has 26 heavy (non-hydrogen) atoms. The first kappa shape index (κ1) is 20.4. The van der Waals surface area contributed by atoms with Crippen LogP contribution in [0, 0.1) is 0 Å². The summed E-state index contributed by atoms with van der Waals surface area (Å²) in [7, 11) is 0. The van der Waals surface area contributed by atoms with E-state index in [0.29, 0.717) is 31.7 Å². The van der Waals surface area contributed by atoms with Gasteiger partial charge in [0.2, 0.25) is 0 Å². The molecule has 9 heteroatoms. The second kappa shape index (κ2) is 7.79. The number of hydrogen-bond acceptors (Lipinski definition) is 5. The molecule has 1 atom stereocenters. The van der Waals surface area contributed by atoms with Crippen molar-refractivity contribution < 1.29 is 22.7 Å². The van der Waals surface area contributed by atoms with E-state index in [9.17, 15) is 18.0 Å². The highest BCUT2D eigenvalue weighted by atomic mass is 19.4. The van der Waals surface area contributed by atoms with Crippen LogP contribution < -0.4 is 5.73 Å². The quantitative estimate of drug-likeness (QED) is 0.881. The van der Waals surface area contributed by atoms with Crippen LogP contribution in [0.25, 0.3) is 0 Å². The van der Waals surface area contributed by atoms with Gasteiger partial charge in [-0.25, -0.2) is 4.79 Å². The summed E-state index contributed by atoms with van der Waals surface area (Å²) in [4.78, 5) is 19.3. The number of pyridine rings is 1. The van der Waals surface area contributed by atoms with Crippen molar-refractivity contribution in [3.8, 4) is 0 Å². The van der Waals surface area contributed by atoms with Gasteiger partial charge in [0.1, 0.15) is 11.3 Å². The summed E-state index contributed by atoms with van der Waals surface area (Å²) in [5, 5.41) is 0. The SMILES string of the molecule is CC(C)(C)OC(=O)N1CCN(C(CN)c2ccc(C(F)(F)F)nc2)CC1. The highest BCUT2D eigenvalue weighted by molar-refractivity contribution is 5.68. The zero-order valence-electron chi connectivity index (χ0n) is 15.2. The highest BCUT2D eigenvalue weighted by Gasteiger charge is 2.33. The van der Waals surface area contributed by atoms with E-state index in [1.165, 1.54) is 12.3 Å². The second-order valence-corrected chi connectivity index (χ2v) is 7.23. The van der Waals surface area contributed by atoms with E-state index in [-0.39, 0.29) is 18.7 Å². The molecule has 6 nitrogen and oxygen atoms in total. The lowest BCUT2D eigenvalue weighted by molar-refractivity contribution is -0.141. The molecule has 2 N–H and O–H groups in total. The summed E-state index contributed by atoms with van der Waals surface area (Å²) < 4.78 is 43.3. The molecule has 1 amide bonds. The Bertz CT molecular complexity index is 606. The summed E-state index contributed by atoms with van der Waals surface area (Å²) in [6, 6.07) is 2.13. The minimum atomic E-state index is -4.46. The Balaban J connectivity index is 1.99. The fraction of sp³-hybridized carbons (Fsp3) is 0.647. The van der Waals surface area contributed by atoms with Gasteiger partial charge in [-0.3, -0.25) is 9.88 Å². The van der Waals surface area contributed by atoms with Gasteiger partial charge < -0.3 is 15.4 Å². The van der Waals surface area contributed by atoms with Crippen LogP contribution in [0.1, 0.15) is 38.1 Å². The Morgan fingerprint density at radius 3 is 2.27 bits per heavy atom. The number of aromatic nitrogens is 1. The van der Waals surface area contributed by atoms with Crippen LogP contribution >= 0.6 is 0 Å². The van der Waals surface area contributed by atoms with Crippen molar-refractivity contribution in [1.82, 2.24) is 14.8 Å². The largest absolute Gasteiger partial charge is 0.444 e. The maximum absolute atomic E-state index is 12.6. The maximum Gasteiger partial charge on any atom is 0.433 e.